The second-order valence-electron chi connectivity index (χ2n) is 4.58. The molecule has 2 rings (SSSR count). The van der Waals surface area contributed by atoms with Crippen LogP contribution in [0.5, 0.6) is 0 Å². The van der Waals surface area contributed by atoms with Crippen LogP contribution < -0.4 is 0 Å². The first-order valence-corrected chi connectivity index (χ1v) is 6.84. The molecule has 2 heterocycles. The predicted molar refractivity (Wildman–Crippen MR) is 72.6 cm³/mol. The topological polar surface area (TPSA) is 45.9 Å². The number of amides is 1. The molecule has 0 aromatic carbocycles. The van der Waals surface area contributed by atoms with E-state index in [0.29, 0.717) is 12.3 Å². The Hall–Kier alpha value is -1.04. The van der Waals surface area contributed by atoms with Crippen LogP contribution in [-0.2, 0) is 4.74 Å². The van der Waals surface area contributed by atoms with E-state index in [0.717, 1.165) is 39.2 Å². The lowest BCUT2D eigenvalue weighted by Gasteiger charge is -2.20. The molecule has 6 heteroatoms. The normalized spacial score (nSPS) is 17.5. The molecule has 19 heavy (non-hydrogen) atoms. The third-order valence-corrected chi connectivity index (χ3v) is 3.47. The SMILES string of the molecule is COCCN1CCCN(C(=O)c2ccc(Cl)o2)CC1. The summed E-state index contributed by atoms with van der Waals surface area (Å²) in [5, 5.41) is 0.250. The van der Waals surface area contributed by atoms with E-state index in [9.17, 15) is 4.79 Å². The zero-order valence-corrected chi connectivity index (χ0v) is 11.9. The van der Waals surface area contributed by atoms with Gasteiger partial charge in [0.15, 0.2) is 11.0 Å². The molecule has 0 unspecified atom stereocenters. The maximum Gasteiger partial charge on any atom is 0.289 e. The molecule has 0 radical (unpaired) electrons. The summed E-state index contributed by atoms with van der Waals surface area (Å²) in [5.41, 5.74) is 0. The Morgan fingerprint density at radius 1 is 1.37 bits per heavy atom. The van der Waals surface area contributed by atoms with Crippen molar-refractivity contribution in [3.05, 3.63) is 23.1 Å². The average Bonchev–Trinajstić information content (AvgIpc) is 2.71. The van der Waals surface area contributed by atoms with E-state index in [2.05, 4.69) is 4.90 Å². The Morgan fingerprint density at radius 3 is 2.89 bits per heavy atom. The first-order valence-electron chi connectivity index (χ1n) is 6.46. The summed E-state index contributed by atoms with van der Waals surface area (Å²) in [5.74, 6) is 0.232. The van der Waals surface area contributed by atoms with Gasteiger partial charge in [-0.05, 0) is 36.7 Å². The van der Waals surface area contributed by atoms with Crippen LogP contribution in [-0.4, -0.2) is 62.1 Å². The lowest BCUT2D eigenvalue weighted by Crippen LogP contribution is -2.35. The summed E-state index contributed by atoms with van der Waals surface area (Å²) in [6.07, 6.45) is 0.962. The van der Waals surface area contributed by atoms with Crippen LogP contribution in [0, 0.1) is 0 Å². The van der Waals surface area contributed by atoms with E-state index in [1.165, 1.54) is 0 Å². The fraction of sp³-hybridized carbons (Fsp3) is 0.615. The minimum absolute atomic E-state index is 0.0829. The summed E-state index contributed by atoms with van der Waals surface area (Å²) in [6, 6.07) is 3.22. The highest BCUT2D eigenvalue weighted by molar-refractivity contribution is 6.29. The molecule has 1 fully saturated rings. The summed E-state index contributed by atoms with van der Waals surface area (Å²) in [6.45, 7) is 4.95. The maximum atomic E-state index is 12.2. The van der Waals surface area contributed by atoms with E-state index in [4.69, 9.17) is 20.8 Å². The molecule has 1 amide bonds. The lowest BCUT2D eigenvalue weighted by atomic mass is 10.3. The second-order valence-corrected chi connectivity index (χ2v) is 4.96. The zero-order valence-electron chi connectivity index (χ0n) is 11.1. The van der Waals surface area contributed by atoms with Gasteiger partial charge in [-0.25, -0.2) is 0 Å². The second kappa shape index (κ2) is 6.93. The quantitative estimate of drug-likeness (QED) is 0.846. The van der Waals surface area contributed by atoms with Crippen LogP contribution in [0.3, 0.4) is 0 Å². The van der Waals surface area contributed by atoms with Gasteiger partial charge < -0.3 is 14.1 Å². The molecule has 1 aliphatic rings. The van der Waals surface area contributed by atoms with E-state index < -0.39 is 0 Å². The number of furan rings is 1. The molecule has 0 N–H and O–H groups in total. The molecule has 0 aliphatic carbocycles. The maximum absolute atomic E-state index is 12.2. The third kappa shape index (κ3) is 3.96. The molecule has 106 valence electrons. The number of methoxy groups -OCH3 is 1. The van der Waals surface area contributed by atoms with Crippen molar-refractivity contribution in [1.29, 1.82) is 0 Å². The first-order chi connectivity index (χ1) is 9.20. The van der Waals surface area contributed by atoms with Crippen LogP contribution in [0.15, 0.2) is 16.5 Å². The molecule has 1 aliphatic heterocycles. The van der Waals surface area contributed by atoms with Gasteiger partial charge in [-0.2, -0.15) is 0 Å². The van der Waals surface area contributed by atoms with Gasteiger partial charge in [0.1, 0.15) is 0 Å². The van der Waals surface area contributed by atoms with Gasteiger partial charge in [-0.15, -0.1) is 0 Å². The van der Waals surface area contributed by atoms with Gasteiger partial charge in [-0.1, -0.05) is 0 Å². The largest absolute Gasteiger partial charge is 0.440 e. The molecule has 1 saturated heterocycles. The summed E-state index contributed by atoms with van der Waals surface area (Å²) in [7, 11) is 1.70. The number of nitrogens with zero attached hydrogens (tertiary/aromatic N) is 2. The molecule has 5 nitrogen and oxygen atoms in total. The summed E-state index contributed by atoms with van der Waals surface area (Å²) < 4.78 is 10.3. The highest BCUT2D eigenvalue weighted by Crippen LogP contribution is 2.16. The van der Waals surface area contributed by atoms with Crippen molar-refractivity contribution >= 4 is 17.5 Å². The minimum atomic E-state index is -0.0829. The third-order valence-electron chi connectivity index (χ3n) is 3.27. The van der Waals surface area contributed by atoms with Crippen LogP contribution in [0.2, 0.25) is 5.22 Å². The van der Waals surface area contributed by atoms with Crippen LogP contribution in [0.25, 0.3) is 0 Å². The fourth-order valence-corrected chi connectivity index (χ4v) is 2.35. The number of carbonyl (C=O) groups is 1. The van der Waals surface area contributed by atoms with Gasteiger partial charge in [0.25, 0.3) is 5.91 Å². The van der Waals surface area contributed by atoms with Crippen molar-refractivity contribution in [2.24, 2.45) is 0 Å². The van der Waals surface area contributed by atoms with E-state index in [1.807, 2.05) is 4.90 Å². The number of hydrogen-bond acceptors (Lipinski definition) is 4. The standard InChI is InChI=1S/C13H19ClN2O3/c1-18-10-9-15-5-2-6-16(8-7-15)13(17)11-3-4-12(14)19-11/h3-4H,2,5-10H2,1H3. The van der Waals surface area contributed by atoms with Crippen molar-refractivity contribution in [2.45, 2.75) is 6.42 Å². The number of rotatable bonds is 4. The molecule has 1 aromatic heterocycles. The molecular weight excluding hydrogens is 268 g/mol. The van der Waals surface area contributed by atoms with Crippen molar-refractivity contribution < 1.29 is 13.9 Å². The highest BCUT2D eigenvalue weighted by atomic mass is 35.5. The molecule has 0 spiro atoms. The Bertz CT molecular complexity index is 422. The molecular formula is C13H19ClN2O3. The van der Waals surface area contributed by atoms with Crippen molar-refractivity contribution in [3.8, 4) is 0 Å². The van der Waals surface area contributed by atoms with Gasteiger partial charge in [-0.3, -0.25) is 9.69 Å². The van der Waals surface area contributed by atoms with E-state index >= 15 is 0 Å². The Balaban J connectivity index is 1.90. The van der Waals surface area contributed by atoms with Crippen LogP contribution in [0.4, 0.5) is 0 Å². The first kappa shape index (κ1) is 14.4. The van der Waals surface area contributed by atoms with Crippen molar-refractivity contribution in [1.82, 2.24) is 9.80 Å². The highest BCUT2D eigenvalue weighted by Gasteiger charge is 2.22. The summed E-state index contributed by atoms with van der Waals surface area (Å²) in [4.78, 5) is 16.3. The van der Waals surface area contributed by atoms with Crippen LogP contribution >= 0.6 is 11.6 Å². The molecule has 0 atom stereocenters. The molecule has 0 bridgehead atoms. The predicted octanol–water partition coefficient (Wildman–Crippen LogP) is 1.73. The smallest absolute Gasteiger partial charge is 0.289 e. The number of ether oxygens (including phenoxy) is 1. The van der Waals surface area contributed by atoms with Crippen molar-refractivity contribution in [3.63, 3.8) is 0 Å². The summed E-state index contributed by atoms with van der Waals surface area (Å²) >= 11 is 5.70. The van der Waals surface area contributed by atoms with E-state index in [1.54, 1.807) is 19.2 Å². The van der Waals surface area contributed by atoms with Gasteiger partial charge in [0.05, 0.1) is 6.61 Å². The zero-order chi connectivity index (χ0) is 13.7. The number of halogens is 1. The minimum Gasteiger partial charge on any atom is -0.440 e. The Labute approximate surface area is 118 Å². The van der Waals surface area contributed by atoms with Gasteiger partial charge in [0, 0.05) is 33.3 Å². The van der Waals surface area contributed by atoms with E-state index in [-0.39, 0.29) is 11.1 Å². The van der Waals surface area contributed by atoms with Crippen LogP contribution in [0.1, 0.15) is 17.0 Å². The fourth-order valence-electron chi connectivity index (χ4n) is 2.20. The Kier molecular flexibility index (Phi) is 5.24. The number of hydrogen-bond donors (Lipinski definition) is 0. The van der Waals surface area contributed by atoms with Gasteiger partial charge in [0.2, 0.25) is 0 Å². The average molecular weight is 287 g/mol. The van der Waals surface area contributed by atoms with Crippen molar-refractivity contribution in [2.75, 3.05) is 46.4 Å². The Morgan fingerprint density at radius 2 is 2.21 bits per heavy atom. The van der Waals surface area contributed by atoms with Gasteiger partial charge >= 0.3 is 0 Å². The monoisotopic (exact) mass is 286 g/mol. The lowest BCUT2D eigenvalue weighted by molar-refractivity contribution is 0.0727. The molecule has 0 saturated carbocycles. The molecule has 1 aromatic rings. The number of carbonyl (C=O) groups excluding carboxylic acids is 1.